The van der Waals surface area contributed by atoms with E-state index in [-0.39, 0.29) is 30.2 Å². The van der Waals surface area contributed by atoms with Crippen molar-refractivity contribution in [3.8, 4) is 0 Å². The van der Waals surface area contributed by atoms with Crippen molar-refractivity contribution in [3.05, 3.63) is 35.0 Å². The first-order valence-electron chi connectivity index (χ1n) is 8.92. The van der Waals surface area contributed by atoms with E-state index in [2.05, 4.69) is 15.4 Å². The van der Waals surface area contributed by atoms with Crippen LogP contribution in [0.15, 0.2) is 27.5 Å². The standard InChI is InChI=1S/C19H21N5O3S2/c1-10-4-5-11(2)14(8-10)24-16(26)7-6-13(23-24)17(27)22-19-21-12(3)18(29-19)28-9-15(20)25/h4-5,8H,6-7,9H2,1-3H3,(H2,20,25)(H,21,22,27). The van der Waals surface area contributed by atoms with Crippen molar-refractivity contribution in [2.45, 2.75) is 37.8 Å². The lowest BCUT2D eigenvalue weighted by molar-refractivity contribution is -0.119. The second-order valence-corrected chi connectivity index (χ2v) is 8.89. The number of hydrazone groups is 1. The number of thioether (sulfide) groups is 1. The van der Waals surface area contributed by atoms with Crippen LogP contribution in [0, 0.1) is 20.8 Å². The van der Waals surface area contributed by atoms with E-state index in [9.17, 15) is 14.4 Å². The Bertz CT molecular complexity index is 1020. The first kappa shape index (κ1) is 21.0. The summed E-state index contributed by atoms with van der Waals surface area (Å²) in [6.45, 7) is 5.64. The average Bonchev–Trinajstić information content (AvgIpc) is 3.01. The maximum absolute atomic E-state index is 12.7. The maximum Gasteiger partial charge on any atom is 0.273 e. The fraction of sp³-hybridized carbons (Fsp3) is 0.316. The highest BCUT2D eigenvalue weighted by Gasteiger charge is 2.27. The van der Waals surface area contributed by atoms with Crippen molar-refractivity contribution in [1.82, 2.24) is 4.98 Å². The zero-order valence-corrected chi connectivity index (χ0v) is 17.9. The molecule has 2 aromatic rings. The molecule has 10 heteroatoms. The second kappa shape index (κ2) is 8.75. The van der Waals surface area contributed by atoms with Gasteiger partial charge in [0, 0.05) is 12.8 Å². The van der Waals surface area contributed by atoms with Gasteiger partial charge in [0.15, 0.2) is 5.13 Å². The fourth-order valence-electron chi connectivity index (χ4n) is 2.73. The predicted molar refractivity (Wildman–Crippen MR) is 115 cm³/mol. The Balaban J connectivity index is 1.78. The Labute approximate surface area is 176 Å². The molecule has 1 aromatic heterocycles. The van der Waals surface area contributed by atoms with E-state index in [1.165, 1.54) is 28.1 Å². The van der Waals surface area contributed by atoms with Crippen molar-refractivity contribution in [2.75, 3.05) is 16.1 Å². The van der Waals surface area contributed by atoms with Crippen LogP contribution in [0.4, 0.5) is 10.8 Å². The molecule has 0 radical (unpaired) electrons. The third-order valence-corrected chi connectivity index (χ3v) is 6.67. The van der Waals surface area contributed by atoms with Crippen LogP contribution in [0.5, 0.6) is 0 Å². The van der Waals surface area contributed by atoms with Gasteiger partial charge < -0.3 is 5.73 Å². The topological polar surface area (TPSA) is 118 Å². The molecule has 3 N–H and O–H groups in total. The molecule has 1 aromatic carbocycles. The number of carbonyl (C=O) groups excluding carboxylic acids is 3. The molecule has 3 amide bonds. The van der Waals surface area contributed by atoms with Gasteiger partial charge in [0.2, 0.25) is 11.8 Å². The average molecular weight is 432 g/mol. The summed E-state index contributed by atoms with van der Waals surface area (Å²) in [4.78, 5) is 40.4. The number of benzene rings is 1. The molecular weight excluding hydrogens is 410 g/mol. The van der Waals surface area contributed by atoms with E-state index in [0.29, 0.717) is 16.5 Å². The smallest absolute Gasteiger partial charge is 0.273 e. The highest BCUT2D eigenvalue weighted by atomic mass is 32.2. The number of amides is 3. The summed E-state index contributed by atoms with van der Waals surface area (Å²) in [6, 6.07) is 5.76. The number of nitrogens with two attached hydrogens (primary N) is 1. The van der Waals surface area contributed by atoms with E-state index in [4.69, 9.17) is 5.73 Å². The normalized spacial score (nSPS) is 14.0. The molecule has 8 nitrogen and oxygen atoms in total. The largest absolute Gasteiger partial charge is 0.369 e. The van der Waals surface area contributed by atoms with Gasteiger partial charge in [-0.2, -0.15) is 5.10 Å². The molecule has 1 aliphatic heterocycles. The summed E-state index contributed by atoms with van der Waals surface area (Å²) < 4.78 is 0.817. The lowest BCUT2D eigenvalue weighted by atomic mass is 10.1. The Morgan fingerprint density at radius 3 is 2.76 bits per heavy atom. The minimum Gasteiger partial charge on any atom is -0.369 e. The van der Waals surface area contributed by atoms with Gasteiger partial charge in [0.1, 0.15) is 5.71 Å². The summed E-state index contributed by atoms with van der Waals surface area (Å²) in [7, 11) is 0. The van der Waals surface area contributed by atoms with Crippen molar-refractivity contribution < 1.29 is 14.4 Å². The summed E-state index contributed by atoms with van der Waals surface area (Å²) in [6.07, 6.45) is 0.468. The van der Waals surface area contributed by atoms with Gasteiger partial charge in [0.05, 0.1) is 21.3 Å². The quantitative estimate of drug-likeness (QED) is 0.682. The number of nitrogens with one attached hydrogen (secondary N) is 1. The Morgan fingerprint density at radius 2 is 2.03 bits per heavy atom. The molecule has 0 spiro atoms. The second-order valence-electron chi connectivity index (χ2n) is 6.64. The summed E-state index contributed by atoms with van der Waals surface area (Å²) in [5.41, 5.74) is 8.74. The predicted octanol–water partition coefficient (Wildman–Crippen LogP) is 2.77. The van der Waals surface area contributed by atoms with Crippen molar-refractivity contribution in [2.24, 2.45) is 10.8 Å². The van der Waals surface area contributed by atoms with Gasteiger partial charge in [-0.25, -0.2) is 9.99 Å². The molecule has 3 rings (SSSR count). The number of thiazole rings is 1. The first-order valence-corrected chi connectivity index (χ1v) is 10.7. The molecule has 0 saturated heterocycles. The van der Waals surface area contributed by atoms with Crippen LogP contribution in [0.1, 0.15) is 29.7 Å². The van der Waals surface area contributed by atoms with Gasteiger partial charge >= 0.3 is 0 Å². The third-order valence-electron chi connectivity index (χ3n) is 4.21. The van der Waals surface area contributed by atoms with Crippen LogP contribution in [0.2, 0.25) is 0 Å². The van der Waals surface area contributed by atoms with E-state index in [1.54, 1.807) is 6.92 Å². The maximum atomic E-state index is 12.7. The lowest BCUT2D eigenvalue weighted by Crippen LogP contribution is -2.36. The van der Waals surface area contributed by atoms with Crippen LogP contribution in [0.25, 0.3) is 0 Å². The van der Waals surface area contributed by atoms with Gasteiger partial charge in [-0.05, 0) is 38.0 Å². The van der Waals surface area contributed by atoms with E-state index in [0.717, 1.165) is 15.3 Å². The van der Waals surface area contributed by atoms with Crippen LogP contribution in [-0.2, 0) is 14.4 Å². The number of aryl methyl sites for hydroxylation is 3. The molecular formula is C19H21N5O3S2. The van der Waals surface area contributed by atoms with Crippen LogP contribution < -0.4 is 16.1 Å². The third kappa shape index (κ3) is 5.01. The summed E-state index contributed by atoms with van der Waals surface area (Å²) in [5, 5.41) is 8.78. The van der Waals surface area contributed by atoms with Crippen LogP contribution in [-0.4, -0.2) is 34.2 Å². The Hall–Kier alpha value is -2.72. The number of hydrogen-bond acceptors (Lipinski definition) is 7. The SMILES string of the molecule is Cc1ccc(C)c(N2N=C(C(=O)Nc3nc(C)c(SCC(N)=O)s3)CCC2=O)c1. The minimum absolute atomic E-state index is 0.148. The number of nitrogens with zero attached hydrogens (tertiary/aromatic N) is 3. The van der Waals surface area contributed by atoms with Crippen molar-refractivity contribution >= 4 is 57.4 Å². The highest BCUT2D eigenvalue weighted by Crippen LogP contribution is 2.32. The van der Waals surface area contributed by atoms with Crippen molar-refractivity contribution in [1.29, 1.82) is 0 Å². The van der Waals surface area contributed by atoms with E-state index in [1.807, 2.05) is 32.0 Å². The molecule has 0 unspecified atom stereocenters. The number of primary amides is 1. The monoisotopic (exact) mass is 431 g/mol. The van der Waals surface area contributed by atoms with E-state index < -0.39 is 11.8 Å². The van der Waals surface area contributed by atoms with Crippen LogP contribution in [0.3, 0.4) is 0 Å². The summed E-state index contributed by atoms with van der Waals surface area (Å²) in [5.74, 6) is -0.810. The molecule has 2 heterocycles. The van der Waals surface area contributed by atoms with Gasteiger partial charge in [-0.3, -0.25) is 19.7 Å². The van der Waals surface area contributed by atoms with Gasteiger partial charge in [-0.1, -0.05) is 23.5 Å². The van der Waals surface area contributed by atoms with Gasteiger partial charge in [0.25, 0.3) is 5.91 Å². The molecule has 29 heavy (non-hydrogen) atoms. The number of anilines is 2. The lowest BCUT2D eigenvalue weighted by Gasteiger charge is -2.24. The zero-order valence-electron chi connectivity index (χ0n) is 16.3. The molecule has 0 fully saturated rings. The first-order chi connectivity index (χ1) is 13.7. The molecule has 152 valence electrons. The number of carbonyl (C=O) groups is 3. The fourth-order valence-corrected chi connectivity index (χ4v) is 4.60. The Kier molecular flexibility index (Phi) is 6.33. The zero-order chi connectivity index (χ0) is 21.1. The van der Waals surface area contributed by atoms with E-state index >= 15 is 0 Å². The highest BCUT2D eigenvalue weighted by molar-refractivity contribution is 8.01. The van der Waals surface area contributed by atoms with Gasteiger partial charge in [-0.15, -0.1) is 11.8 Å². The molecule has 0 aliphatic carbocycles. The molecule has 0 bridgehead atoms. The molecule has 0 atom stereocenters. The van der Waals surface area contributed by atoms with Crippen LogP contribution >= 0.6 is 23.1 Å². The molecule has 0 saturated carbocycles. The summed E-state index contributed by atoms with van der Waals surface area (Å²) >= 11 is 2.56. The number of hydrogen-bond donors (Lipinski definition) is 2. The number of rotatable bonds is 6. The van der Waals surface area contributed by atoms with Crippen molar-refractivity contribution in [3.63, 3.8) is 0 Å². The number of aromatic nitrogens is 1. The molecule has 1 aliphatic rings. The Morgan fingerprint density at radius 1 is 1.28 bits per heavy atom. The minimum atomic E-state index is -0.416.